The van der Waals surface area contributed by atoms with Crippen LogP contribution >= 0.6 is 0 Å². The highest BCUT2D eigenvalue weighted by Gasteiger charge is 2.24. The SMILES string of the molecule is CCC(C)(C)c1nc2ccc(N)cc2cc1O. The van der Waals surface area contributed by atoms with Gasteiger partial charge in [0, 0.05) is 16.5 Å². The molecule has 0 aliphatic rings. The third-order valence-electron chi connectivity index (χ3n) is 3.34. The standard InChI is InChI=1S/C14H18N2O/c1-4-14(2,3)13-12(17)8-9-7-10(15)5-6-11(9)16-13/h5-8,17H,4,15H2,1-3H3. The summed E-state index contributed by atoms with van der Waals surface area (Å²) in [7, 11) is 0. The number of nitrogens with two attached hydrogens (primary N) is 1. The predicted molar refractivity (Wildman–Crippen MR) is 71.1 cm³/mol. The van der Waals surface area contributed by atoms with Crippen LogP contribution in [0.1, 0.15) is 32.9 Å². The molecule has 0 aliphatic heterocycles. The van der Waals surface area contributed by atoms with Crippen molar-refractivity contribution in [1.82, 2.24) is 4.98 Å². The number of nitrogens with zero attached hydrogens (tertiary/aromatic N) is 1. The molecule has 1 heterocycles. The van der Waals surface area contributed by atoms with Crippen molar-refractivity contribution in [3.63, 3.8) is 0 Å². The number of hydrogen-bond donors (Lipinski definition) is 2. The lowest BCUT2D eigenvalue weighted by molar-refractivity contribution is 0.419. The summed E-state index contributed by atoms with van der Waals surface area (Å²) < 4.78 is 0. The van der Waals surface area contributed by atoms with Crippen LogP contribution in [-0.4, -0.2) is 10.1 Å². The molecule has 3 N–H and O–H groups in total. The zero-order valence-corrected chi connectivity index (χ0v) is 10.5. The van der Waals surface area contributed by atoms with Gasteiger partial charge in [0.2, 0.25) is 0 Å². The molecule has 0 amide bonds. The summed E-state index contributed by atoms with van der Waals surface area (Å²) in [5.41, 5.74) is 7.89. The van der Waals surface area contributed by atoms with Gasteiger partial charge in [-0.05, 0) is 30.7 Å². The first-order chi connectivity index (χ1) is 7.94. The van der Waals surface area contributed by atoms with Crippen LogP contribution in [-0.2, 0) is 5.41 Å². The summed E-state index contributed by atoms with van der Waals surface area (Å²) in [4.78, 5) is 4.55. The van der Waals surface area contributed by atoms with Gasteiger partial charge in [-0.2, -0.15) is 0 Å². The number of benzene rings is 1. The second kappa shape index (κ2) is 3.91. The summed E-state index contributed by atoms with van der Waals surface area (Å²) in [6.07, 6.45) is 0.925. The van der Waals surface area contributed by atoms with Crippen LogP contribution in [0.15, 0.2) is 24.3 Å². The molecule has 0 fully saturated rings. The molecule has 2 rings (SSSR count). The van der Waals surface area contributed by atoms with Gasteiger partial charge in [0.25, 0.3) is 0 Å². The summed E-state index contributed by atoms with van der Waals surface area (Å²) in [6, 6.07) is 7.28. The number of pyridine rings is 1. The number of fused-ring (bicyclic) bond motifs is 1. The highest BCUT2D eigenvalue weighted by Crippen LogP contribution is 2.34. The van der Waals surface area contributed by atoms with Gasteiger partial charge in [-0.1, -0.05) is 20.8 Å². The first kappa shape index (κ1) is 11.7. The van der Waals surface area contributed by atoms with Crippen LogP contribution in [0, 0.1) is 0 Å². The fourth-order valence-electron chi connectivity index (χ4n) is 1.85. The molecule has 0 saturated carbocycles. The number of hydrogen-bond acceptors (Lipinski definition) is 3. The van der Waals surface area contributed by atoms with Gasteiger partial charge in [-0.25, -0.2) is 4.98 Å². The van der Waals surface area contributed by atoms with Gasteiger partial charge in [0.1, 0.15) is 5.75 Å². The molecule has 0 atom stereocenters. The predicted octanol–water partition coefficient (Wildman–Crippen LogP) is 3.21. The molecule has 0 spiro atoms. The minimum Gasteiger partial charge on any atom is -0.506 e. The van der Waals surface area contributed by atoms with E-state index in [1.165, 1.54) is 0 Å². The number of nitrogen functional groups attached to an aromatic ring is 1. The molecule has 0 radical (unpaired) electrons. The van der Waals surface area contributed by atoms with E-state index in [-0.39, 0.29) is 11.2 Å². The van der Waals surface area contributed by atoms with E-state index in [0.29, 0.717) is 5.69 Å². The molecular weight excluding hydrogens is 212 g/mol. The van der Waals surface area contributed by atoms with Crippen molar-refractivity contribution >= 4 is 16.6 Å². The third-order valence-corrected chi connectivity index (χ3v) is 3.34. The topological polar surface area (TPSA) is 59.1 Å². The van der Waals surface area contributed by atoms with E-state index in [0.717, 1.165) is 23.0 Å². The summed E-state index contributed by atoms with van der Waals surface area (Å²) in [5, 5.41) is 10.9. The molecule has 3 heteroatoms. The molecule has 90 valence electrons. The Balaban J connectivity index is 2.68. The molecule has 0 saturated heterocycles. The molecule has 2 aromatic rings. The molecule has 3 nitrogen and oxygen atoms in total. The lowest BCUT2D eigenvalue weighted by Crippen LogP contribution is -2.17. The largest absolute Gasteiger partial charge is 0.506 e. The Morgan fingerprint density at radius 1 is 1.29 bits per heavy atom. The van der Waals surface area contributed by atoms with Gasteiger partial charge in [-0.15, -0.1) is 0 Å². The Labute approximate surface area is 101 Å². The van der Waals surface area contributed by atoms with Crippen LogP contribution in [0.3, 0.4) is 0 Å². The van der Waals surface area contributed by atoms with Gasteiger partial charge in [0.05, 0.1) is 11.2 Å². The van der Waals surface area contributed by atoms with Crippen LogP contribution in [0.2, 0.25) is 0 Å². The fourth-order valence-corrected chi connectivity index (χ4v) is 1.85. The zero-order chi connectivity index (χ0) is 12.6. The van der Waals surface area contributed by atoms with Crippen LogP contribution in [0.4, 0.5) is 5.69 Å². The van der Waals surface area contributed by atoms with Crippen molar-refractivity contribution in [3.8, 4) is 5.75 Å². The monoisotopic (exact) mass is 230 g/mol. The van der Waals surface area contributed by atoms with Gasteiger partial charge in [0.15, 0.2) is 0 Å². The summed E-state index contributed by atoms with van der Waals surface area (Å²) in [5.74, 6) is 0.245. The molecule has 0 bridgehead atoms. The quantitative estimate of drug-likeness (QED) is 0.779. The van der Waals surface area contributed by atoms with Crippen LogP contribution < -0.4 is 5.73 Å². The fraction of sp³-hybridized carbons (Fsp3) is 0.357. The van der Waals surface area contributed by atoms with Gasteiger partial charge < -0.3 is 10.8 Å². The average molecular weight is 230 g/mol. The van der Waals surface area contributed by atoms with E-state index in [1.807, 2.05) is 18.2 Å². The minimum atomic E-state index is -0.125. The van der Waals surface area contributed by atoms with Gasteiger partial charge in [-0.3, -0.25) is 0 Å². The normalized spacial score (nSPS) is 11.9. The van der Waals surface area contributed by atoms with Crippen molar-refractivity contribution in [2.24, 2.45) is 0 Å². The molecule has 0 aliphatic carbocycles. The van der Waals surface area contributed by atoms with Crippen molar-refractivity contribution in [2.45, 2.75) is 32.6 Å². The average Bonchev–Trinajstić information content (AvgIpc) is 2.27. The van der Waals surface area contributed by atoms with Crippen molar-refractivity contribution in [1.29, 1.82) is 0 Å². The Bertz CT molecular complexity index is 561. The lowest BCUT2D eigenvalue weighted by atomic mass is 9.85. The van der Waals surface area contributed by atoms with E-state index < -0.39 is 0 Å². The maximum absolute atomic E-state index is 10.1. The summed E-state index contributed by atoms with van der Waals surface area (Å²) in [6.45, 7) is 6.25. The van der Waals surface area contributed by atoms with Crippen LogP contribution in [0.25, 0.3) is 10.9 Å². The molecular formula is C14H18N2O. The highest BCUT2D eigenvalue weighted by molar-refractivity contribution is 5.83. The number of aromatic nitrogens is 1. The van der Waals surface area contributed by atoms with E-state index in [9.17, 15) is 5.11 Å². The van der Waals surface area contributed by atoms with Crippen LogP contribution in [0.5, 0.6) is 5.75 Å². The molecule has 17 heavy (non-hydrogen) atoms. The first-order valence-corrected chi connectivity index (χ1v) is 5.84. The van der Waals surface area contributed by atoms with E-state index in [2.05, 4.69) is 25.8 Å². The third kappa shape index (κ3) is 2.05. The van der Waals surface area contributed by atoms with E-state index in [1.54, 1.807) is 6.07 Å². The van der Waals surface area contributed by atoms with Gasteiger partial charge >= 0.3 is 0 Å². The smallest absolute Gasteiger partial charge is 0.138 e. The number of rotatable bonds is 2. The van der Waals surface area contributed by atoms with E-state index >= 15 is 0 Å². The molecule has 0 unspecified atom stereocenters. The minimum absolute atomic E-state index is 0.125. The van der Waals surface area contributed by atoms with E-state index in [4.69, 9.17) is 5.73 Å². The Hall–Kier alpha value is -1.77. The second-order valence-electron chi connectivity index (χ2n) is 5.05. The zero-order valence-electron chi connectivity index (χ0n) is 10.5. The Morgan fingerprint density at radius 2 is 2.00 bits per heavy atom. The second-order valence-corrected chi connectivity index (χ2v) is 5.05. The summed E-state index contributed by atoms with van der Waals surface area (Å²) >= 11 is 0. The molecule has 1 aromatic carbocycles. The van der Waals surface area contributed by atoms with Crippen molar-refractivity contribution in [3.05, 3.63) is 30.0 Å². The first-order valence-electron chi connectivity index (χ1n) is 5.84. The lowest BCUT2D eigenvalue weighted by Gasteiger charge is -2.23. The molecule has 1 aromatic heterocycles. The number of anilines is 1. The number of aromatic hydroxyl groups is 1. The highest BCUT2D eigenvalue weighted by atomic mass is 16.3. The van der Waals surface area contributed by atoms with Crippen molar-refractivity contribution in [2.75, 3.05) is 5.73 Å². The maximum Gasteiger partial charge on any atom is 0.138 e. The maximum atomic E-state index is 10.1. The van der Waals surface area contributed by atoms with Crippen molar-refractivity contribution < 1.29 is 5.11 Å². The Morgan fingerprint density at radius 3 is 2.65 bits per heavy atom. The Kier molecular flexibility index (Phi) is 2.69.